The van der Waals surface area contributed by atoms with Crippen LogP contribution in [0.25, 0.3) is 34.8 Å². The summed E-state index contributed by atoms with van der Waals surface area (Å²) in [6, 6.07) is 22.5. The van der Waals surface area contributed by atoms with E-state index < -0.39 is 0 Å². The van der Waals surface area contributed by atoms with Gasteiger partial charge in [0.2, 0.25) is 0 Å². The van der Waals surface area contributed by atoms with E-state index in [1.807, 2.05) is 84.9 Å². The molecular formula is C28H20Cl2O3. The highest BCUT2D eigenvalue weighted by molar-refractivity contribution is 6.31. The topological polar surface area (TPSA) is 43.4 Å². The lowest BCUT2D eigenvalue weighted by molar-refractivity contribution is -0.112. The summed E-state index contributed by atoms with van der Waals surface area (Å²) in [5.74, 6) is 2.76. The molecule has 5 heteroatoms. The van der Waals surface area contributed by atoms with E-state index in [2.05, 4.69) is 0 Å². The van der Waals surface area contributed by atoms with E-state index in [0.29, 0.717) is 33.1 Å². The van der Waals surface area contributed by atoms with Crippen molar-refractivity contribution in [3.8, 4) is 22.6 Å². The summed E-state index contributed by atoms with van der Waals surface area (Å²) in [7, 11) is 0. The van der Waals surface area contributed by atoms with E-state index in [1.165, 1.54) is 0 Å². The molecule has 3 nitrogen and oxygen atoms in total. The van der Waals surface area contributed by atoms with Crippen LogP contribution in [0.4, 0.5) is 0 Å². The summed E-state index contributed by atoms with van der Waals surface area (Å²) < 4.78 is 11.9. The van der Waals surface area contributed by atoms with Crippen LogP contribution in [0.15, 0.2) is 92.8 Å². The average molecular weight is 475 g/mol. The third kappa shape index (κ3) is 4.90. The first-order chi connectivity index (χ1) is 16.0. The third-order valence-corrected chi connectivity index (χ3v) is 6.05. The van der Waals surface area contributed by atoms with Crippen LogP contribution in [0.3, 0.4) is 0 Å². The molecule has 2 aromatic heterocycles. The first-order valence-electron chi connectivity index (χ1n) is 10.7. The molecule has 4 aromatic rings. The minimum Gasteiger partial charge on any atom is -0.457 e. The number of hydrogen-bond donors (Lipinski definition) is 0. The van der Waals surface area contributed by atoms with Gasteiger partial charge >= 0.3 is 0 Å². The van der Waals surface area contributed by atoms with E-state index >= 15 is 0 Å². The molecule has 1 aliphatic carbocycles. The summed E-state index contributed by atoms with van der Waals surface area (Å²) in [5.41, 5.74) is 3.27. The number of ketones is 1. The molecule has 0 bridgehead atoms. The quantitative estimate of drug-likeness (QED) is 0.277. The Kier molecular flexibility index (Phi) is 6.08. The van der Waals surface area contributed by atoms with Gasteiger partial charge in [-0.2, -0.15) is 0 Å². The number of rotatable bonds is 4. The molecule has 2 heterocycles. The monoisotopic (exact) mass is 474 g/mol. The highest BCUT2D eigenvalue weighted by Crippen LogP contribution is 2.32. The molecule has 1 fully saturated rings. The Morgan fingerprint density at radius 1 is 0.667 bits per heavy atom. The van der Waals surface area contributed by atoms with Crippen LogP contribution in [0.1, 0.15) is 30.8 Å². The Morgan fingerprint density at radius 2 is 1.15 bits per heavy atom. The second kappa shape index (κ2) is 9.30. The SMILES string of the molecule is O=C1/C(=C\c2ccc(-c3cccc(Cl)c3)o2)CCC/C1=C/c1ccc(-c2cccc(Cl)c2)o1. The van der Waals surface area contributed by atoms with Gasteiger partial charge in [-0.05, 0) is 79.9 Å². The van der Waals surface area contributed by atoms with Crippen LogP contribution in [-0.4, -0.2) is 5.78 Å². The number of carbonyl (C=O) groups is 1. The van der Waals surface area contributed by atoms with Gasteiger partial charge in [0.15, 0.2) is 5.78 Å². The lowest BCUT2D eigenvalue weighted by atomic mass is 9.88. The number of hydrogen-bond acceptors (Lipinski definition) is 3. The maximum atomic E-state index is 13.1. The number of benzene rings is 2. The number of Topliss-reactive ketones (excluding diaryl/α,β-unsaturated/α-hetero) is 1. The van der Waals surface area contributed by atoms with Gasteiger partial charge in [0.1, 0.15) is 23.0 Å². The molecule has 0 amide bonds. The Hall–Kier alpha value is -3.27. The van der Waals surface area contributed by atoms with E-state index in [-0.39, 0.29) is 5.78 Å². The van der Waals surface area contributed by atoms with Crippen molar-refractivity contribution >= 4 is 41.1 Å². The predicted molar refractivity (Wildman–Crippen MR) is 133 cm³/mol. The largest absolute Gasteiger partial charge is 0.457 e. The molecule has 0 spiro atoms. The summed E-state index contributed by atoms with van der Waals surface area (Å²) in [5, 5.41) is 1.30. The van der Waals surface area contributed by atoms with Crippen LogP contribution in [-0.2, 0) is 4.79 Å². The Balaban J connectivity index is 1.37. The maximum Gasteiger partial charge on any atom is 0.185 e. The van der Waals surface area contributed by atoms with Crippen molar-refractivity contribution in [2.24, 2.45) is 0 Å². The molecule has 0 atom stereocenters. The van der Waals surface area contributed by atoms with Crippen LogP contribution in [0, 0.1) is 0 Å². The molecule has 1 saturated carbocycles. The van der Waals surface area contributed by atoms with Gasteiger partial charge in [-0.15, -0.1) is 0 Å². The third-order valence-electron chi connectivity index (χ3n) is 5.58. The first kappa shape index (κ1) is 21.6. The molecule has 0 saturated heterocycles. The molecular weight excluding hydrogens is 455 g/mol. The fourth-order valence-corrected chi connectivity index (χ4v) is 4.36. The van der Waals surface area contributed by atoms with E-state index in [9.17, 15) is 4.79 Å². The van der Waals surface area contributed by atoms with Crippen molar-refractivity contribution in [3.05, 3.63) is 106 Å². The van der Waals surface area contributed by atoms with Crippen molar-refractivity contribution in [1.29, 1.82) is 0 Å². The van der Waals surface area contributed by atoms with Crippen molar-refractivity contribution < 1.29 is 13.6 Å². The highest BCUT2D eigenvalue weighted by Gasteiger charge is 2.21. The van der Waals surface area contributed by atoms with Gasteiger partial charge in [-0.1, -0.05) is 47.5 Å². The molecule has 33 heavy (non-hydrogen) atoms. The Labute approximate surface area is 201 Å². The van der Waals surface area contributed by atoms with E-state index in [4.69, 9.17) is 32.0 Å². The first-order valence-corrected chi connectivity index (χ1v) is 11.5. The van der Waals surface area contributed by atoms with Gasteiger partial charge in [0, 0.05) is 32.3 Å². The molecule has 2 aromatic carbocycles. The summed E-state index contributed by atoms with van der Waals surface area (Å²) >= 11 is 12.2. The second-order valence-corrected chi connectivity index (χ2v) is 8.82. The van der Waals surface area contributed by atoms with Crippen LogP contribution in [0.2, 0.25) is 10.0 Å². The number of allylic oxidation sites excluding steroid dienone is 2. The normalized spacial score (nSPS) is 16.6. The smallest absolute Gasteiger partial charge is 0.185 e. The highest BCUT2D eigenvalue weighted by atomic mass is 35.5. The lowest BCUT2D eigenvalue weighted by Crippen LogP contribution is -2.12. The van der Waals surface area contributed by atoms with Gasteiger partial charge in [-0.25, -0.2) is 0 Å². The zero-order chi connectivity index (χ0) is 22.8. The number of furan rings is 2. The number of halogens is 2. The lowest BCUT2D eigenvalue weighted by Gasteiger charge is -2.15. The van der Waals surface area contributed by atoms with Crippen molar-refractivity contribution in [2.75, 3.05) is 0 Å². The van der Waals surface area contributed by atoms with Crippen LogP contribution in [0.5, 0.6) is 0 Å². The van der Waals surface area contributed by atoms with Crippen molar-refractivity contribution in [3.63, 3.8) is 0 Å². The average Bonchev–Trinajstić information content (AvgIpc) is 3.46. The Morgan fingerprint density at radius 3 is 1.61 bits per heavy atom. The molecule has 1 aliphatic rings. The zero-order valence-electron chi connectivity index (χ0n) is 17.7. The Bertz CT molecular complexity index is 1280. The number of carbonyl (C=O) groups excluding carboxylic acids is 1. The van der Waals surface area contributed by atoms with E-state index in [0.717, 1.165) is 41.5 Å². The second-order valence-electron chi connectivity index (χ2n) is 7.95. The molecule has 164 valence electrons. The predicted octanol–water partition coefficient (Wildman–Crippen LogP) is 8.73. The van der Waals surface area contributed by atoms with Crippen LogP contribution < -0.4 is 0 Å². The van der Waals surface area contributed by atoms with E-state index in [1.54, 1.807) is 0 Å². The summed E-state index contributed by atoms with van der Waals surface area (Å²) in [4.78, 5) is 13.1. The zero-order valence-corrected chi connectivity index (χ0v) is 19.2. The standard InChI is InChI=1S/C28H20Cl2O3/c29-22-8-2-4-18(14-22)26-12-10-24(32-26)16-20-6-1-7-21(28(20)31)17-25-11-13-27(33-25)19-5-3-9-23(30)15-19/h2-5,8-17H,1,6-7H2/b20-16-,21-17-. The van der Waals surface area contributed by atoms with Gasteiger partial charge in [-0.3, -0.25) is 4.79 Å². The van der Waals surface area contributed by atoms with Crippen LogP contribution >= 0.6 is 23.2 Å². The molecule has 0 unspecified atom stereocenters. The van der Waals surface area contributed by atoms with Gasteiger partial charge in [0.05, 0.1) is 0 Å². The fraction of sp³-hybridized carbons (Fsp3) is 0.107. The fourth-order valence-electron chi connectivity index (χ4n) is 3.98. The molecule has 0 N–H and O–H groups in total. The molecule has 0 aliphatic heterocycles. The molecule has 5 rings (SSSR count). The van der Waals surface area contributed by atoms with Gasteiger partial charge < -0.3 is 8.83 Å². The van der Waals surface area contributed by atoms with Gasteiger partial charge in [0.25, 0.3) is 0 Å². The summed E-state index contributed by atoms with van der Waals surface area (Å²) in [6.45, 7) is 0. The minimum absolute atomic E-state index is 0.0302. The summed E-state index contributed by atoms with van der Waals surface area (Å²) in [6.07, 6.45) is 6.00. The van der Waals surface area contributed by atoms with Crippen molar-refractivity contribution in [1.82, 2.24) is 0 Å². The van der Waals surface area contributed by atoms with Crippen molar-refractivity contribution in [2.45, 2.75) is 19.3 Å². The minimum atomic E-state index is 0.0302. The maximum absolute atomic E-state index is 13.1. The molecule has 0 radical (unpaired) electrons.